The van der Waals surface area contributed by atoms with Crippen LogP contribution in [0.1, 0.15) is 18.4 Å². The molecule has 5 rings (SSSR count). The van der Waals surface area contributed by atoms with Gasteiger partial charge < -0.3 is 4.90 Å². The minimum Gasteiger partial charge on any atom is -0.366 e. The second-order valence-electron chi connectivity index (χ2n) is 7.45. The minimum atomic E-state index is -0.190. The van der Waals surface area contributed by atoms with E-state index in [1.165, 1.54) is 0 Å². The first-order valence-electron chi connectivity index (χ1n) is 10.00. The summed E-state index contributed by atoms with van der Waals surface area (Å²) in [5, 5.41) is 9.36. The van der Waals surface area contributed by atoms with E-state index < -0.39 is 0 Å². The van der Waals surface area contributed by atoms with Gasteiger partial charge in [-0.05, 0) is 55.3 Å². The number of amides is 2. The van der Waals surface area contributed by atoms with Crippen LogP contribution in [-0.2, 0) is 0 Å². The summed E-state index contributed by atoms with van der Waals surface area (Å²) in [6.07, 6.45) is 7.02. The molecule has 1 unspecified atom stereocenters. The maximum Gasteiger partial charge on any atom is 0.335 e. The highest BCUT2D eigenvalue weighted by molar-refractivity contribution is 6.10. The Balaban J connectivity index is 1.64. The van der Waals surface area contributed by atoms with Crippen LogP contribution in [0, 0.1) is 11.3 Å². The van der Waals surface area contributed by atoms with E-state index in [1.807, 2.05) is 29.2 Å². The molecule has 4 heterocycles. The Hall–Kier alpha value is -3.92. The van der Waals surface area contributed by atoms with Crippen molar-refractivity contribution in [3.05, 3.63) is 72.7 Å². The summed E-state index contributed by atoms with van der Waals surface area (Å²) in [6.45, 7) is 1.78. The molecule has 0 aliphatic carbocycles. The molecule has 7 nitrogen and oxygen atoms in total. The smallest absolute Gasteiger partial charge is 0.335 e. The first kappa shape index (κ1) is 18.1. The number of piperidine rings is 1. The second kappa shape index (κ2) is 7.48. The second-order valence-corrected chi connectivity index (χ2v) is 7.45. The number of nitriles is 1. The average Bonchev–Trinajstić information content (AvgIpc) is 2.80. The quantitative estimate of drug-likeness (QED) is 0.652. The number of aromatic nitrogens is 2. The number of pyridine rings is 2. The molecule has 2 aliphatic rings. The normalized spacial score (nSPS) is 17.1. The molecule has 2 amide bonds. The molecular formula is C23H20N6O. The van der Waals surface area contributed by atoms with Crippen LogP contribution < -0.4 is 14.7 Å². The molecule has 0 saturated carbocycles. The van der Waals surface area contributed by atoms with Crippen molar-refractivity contribution in [2.75, 3.05) is 27.8 Å². The fourth-order valence-electron chi connectivity index (χ4n) is 4.30. The Bertz CT molecular complexity index is 1130. The number of rotatable bonds is 2. The molecule has 2 bridgehead atoms. The van der Waals surface area contributed by atoms with Crippen molar-refractivity contribution in [3.63, 3.8) is 0 Å². The molecule has 0 radical (unpaired) electrons. The molecule has 2 aliphatic heterocycles. The van der Waals surface area contributed by atoms with Crippen molar-refractivity contribution >= 4 is 28.9 Å². The SMILES string of the molecule is N#Cc1cccc(N(C(=O)N2c3ncccc3N3CCCC2C3)c2cccnc2)c1. The highest BCUT2D eigenvalue weighted by atomic mass is 16.2. The van der Waals surface area contributed by atoms with E-state index in [4.69, 9.17) is 0 Å². The molecule has 1 saturated heterocycles. The third kappa shape index (κ3) is 3.03. The average molecular weight is 396 g/mol. The van der Waals surface area contributed by atoms with E-state index in [1.54, 1.807) is 47.8 Å². The van der Waals surface area contributed by atoms with Crippen molar-refractivity contribution in [2.45, 2.75) is 18.9 Å². The standard InChI is InChI=1S/C23H20N6O/c24-14-17-5-1-6-18(13-17)28(19-7-2-10-25-15-19)23(30)29-20-8-4-12-27(16-20)21-9-3-11-26-22(21)29/h1-3,5-7,9-11,13,15,20H,4,8,12,16H2. The number of carbonyl (C=O) groups is 1. The first-order chi connectivity index (χ1) is 14.8. The molecule has 1 atom stereocenters. The van der Waals surface area contributed by atoms with Gasteiger partial charge in [-0.25, -0.2) is 9.78 Å². The topological polar surface area (TPSA) is 76.4 Å². The van der Waals surface area contributed by atoms with Gasteiger partial charge in [0.1, 0.15) is 0 Å². The first-order valence-corrected chi connectivity index (χ1v) is 10.00. The Morgan fingerprint density at radius 1 is 1.13 bits per heavy atom. The summed E-state index contributed by atoms with van der Waals surface area (Å²) in [6, 6.07) is 16.7. The molecule has 148 valence electrons. The van der Waals surface area contributed by atoms with E-state index in [2.05, 4.69) is 20.9 Å². The fourth-order valence-corrected chi connectivity index (χ4v) is 4.30. The van der Waals surface area contributed by atoms with Crippen LogP contribution in [0.2, 0.25) is 0 Å². The zero-order chi connectivity index (χ0) is 20.5. The number of nitrogens with zero attached hydrogens (tertiary/aromatic N) is 6. The number of anilines is 4. The summed E-state index contributed by atoms with van der Waals surface area (Å²) < 4.78 is 0. The van der Waals surface area contributed by atoms with Crippen LogP contribution in [0.25, 0.3) is 0 Å². The summed E-state index contributed by atoms with van der Waals surface area (Å²) in [7, 11) is 0. The Kier molecular flexibility index (Phi) is 4.52. The van der Waals surface area contributed by atoms with Crippen molar-refractivity contribution in [3.8, 4) is 6.07 Å². The van der Waals surface area contributed by atoms with Gasteiger partial charge >= 0.3 is 6.03 Å². The van der Waals surface area contributed by atoms with Crippen molar-refractivity contribution < 1.29 is 4.79 Å². The molecule has 3 aromatic rings. The van der Waals surface area contributed by atoms with Crippen LogP contribution in [0.4, 0.5) is 27.7 Å². The predicted molar refractivity (Wildman–Crippen MR) is 115 cm³/mol. The Labute approximate surface area is 174 Å². The van der Waals surface area contributed by atoms with E-state index in [0.29, 0.717) is 22.8 Å². The molecule has 1 aromatic carbocycles. The van der Waals surface area contributed by atoms with Crippen molar-refractivity contribution in [1.82, 2.24) is 9.97 Å². The van der Waals surface area contributed by atoms with Crippen molar-refractivity contribution in [2.24, 2.45) is 0 Å². The van der Waals surface area contributed by atoms with Gasteiger partial charge in [0.2, 0.25) is 0 Å². The van der Waals surface area contributed by atoms with Crippen LogP contribution in [0.5, 0.6) is 0 Å². The molecule has 30 heavy (non-hydrogen) atoms. The van der Waals surface area contributed by atoms with Gasteiger partial charge in [-0.3, -0.25) is 14.8 Å². The van der Waals surface area contributed by atoms with E-state index in [0.717, 1.165) is 31.6 Å². The van der Waals surface area contributed by atoms with Gasteiger partial charge in [0.25, 0.3) is 0 Å². The molecular weight excluding hydrogens is 376 g/mol. The zero-order valence-corrected chi connectivity index (χ0v) is 16.3. The zero-order valence-electron chi connectivity index (χ0n) is 16.3. The van der Waals surface area contributed by atoms with Crippen LogP contribution in [-0.4, -0.2) is 35.1 Å². The van der Waals surface area contributed by atoms with Gasteiger partial charge in [0.05, 0.1) is 40.9 Å². The number of urea groups is 1. The maximum atomic E-state index is 14.0. The number of hydrogen-bond acceptors (Lipinski definition) is 5. The van der Waals surface area contributed by atoms with Gasteiger partial charge in [0.15, 0.2) is 5.82 Å². The fraction of sp³-hybridized carbons (Fsp3) is 0.217. The molecule has 0 N–H and O–H groups in total. The van der Waals surface area contributed by atoms with Crippen molar-refractivity contribution in [1.29, 1.82) is 5.26 Å². The number of fused-ring (bicyclic) bond motifs is 4. The number of hydrogen-bond donors (Lipinski definition) is 0. The van der Waals surface area contributed by atoms with E-state index in [-0.39, 0.29) is 12.1 Å². The van der Waals surface area contributed by atoms with Gasteiger partial charge in [-0.15, -0.1) is 0 Å². The van der Waals surface area contributed by atoms with Gasteiger partial charge in [0, 0.05) is 25.5 Å². The van der Waals surface area contributed by atoms with Gasteiger partial charge in [-0.2, -0.15) is 5.26 Å². The lowest BCUT2D eigenvalue weighted by Gasteiger charge is -2.46. The summed E-state index contributed by atoms with van der Waals surface area (Å²) >= 11 is 0. The summed E-state index contributed by atoms with van der Waals surface area (Å²) in [5.41, 5.74) is 2.75. The maximum absolute atomic E-state index is 14.0. The summed E-state index contributed by atoms with van der Waals surface area (Å²) in [5.74, 6) is 0.684. The minimum absolute atomic E-state index is 0.0481. The molecule has 0 spiro atoms. The van der Waals surface area contributed by atoms with E-state index >= 15 is 0 Å². The molecule has 7 heteroatoms. The van der Waals surface area contributed by atoms with Gasteiger partial charge in [-0.1, -0.05) is 6.07 Å². The Morgan fingerprint density at radius 3 is 2.83 bits per heavy atom. The third-order valence-electron chi connectivity index (χ3n) is 5.63. The van der Waals surface area contributed by atoms with Crippen LogP contribution in [0.15, 0.2) is 67.1 Å². The Morgan fingerprint density at radius 2 is 2.00 bits per heavy atom. The number of carbonyl (C=O) groups excluding carboxylic acids is 1. The largest absolute Gasteiger partial charge is 0.366 e. The van der Waals surface area contributed by atoms with Crippen LogP contribution >= 0.6 is 0 Å². The lowest BCUT2D eigenvalue weighted by molar-refractivity contribution is 0.249. The van der Waals surface area contributed by atoms with Crippen LogP contribution in [0.3, 0.4) is 0 Å². The lowest BCUT2D eigenvalue weighted by atomic mass is 10.00. The molecule has 2 aromatic heterocycles. The highest BCUT2D eigenvalue weighted by Crippen LogP contribution is 2.39. The third-order valence-corrected chi connectivity index (χ3v) is 5.63. The lowest BCUT2D eigenvalue weighted by Crippen LogP contribution is -2.57. The number of benzene rings is 1. The highest BCUT2D eigenvalue weighted by Gasteiger charge is 2.40. The molecule has 1 fully saturated rings. The summed E-state index contributed by atoms with van der Waals surface area (Å²) in [4.78, 5) is 28.6. The predicted octanol–water partition coefficient (Wildman–Crippen LogP) is 4.10. The monoisotopic (exact) mass is 396 g/mol. The van der Waals surface area contributed by atoms with E-state index in [9.17, 15) is 10.1 Å².